The second-order valence-corrected chi connectivity index (χ2v) is 6.83. The number of rotatable bonds is 10. The third-order valence-electron chi connectivity index (χ3n) is 4.97. The van der Waals surface area contributed by atoms with Gasteiger partial charge in [0.1, 0.15) is 0 Å². The number of unbranched alkanes of at least 4 members (excludes halogenated alkanes) is 1. The summed E-state index contributed by atoms with van der Waals surface area (Å²) in [5, 5.41) is 13.1. The predicted molar refractivity (Wildman–Crippen MR) is 87.1 cm³/mol. The molecule has 0 bridgehead atoms. The fourth-order valence-corrected chi connectivity index (χ4v) is 3.43. The number of nitrogens with zero attached hydrogens (tertiary/aromatic N) is 1. The molecule has 2 N–H and O–H groups in total. The van der Waals surface area contributed by atoms with Crippen LogP contribution in [0.5, 0.6) is 0 Å². The average Bonchev–Trinajstić information content (AvgIpc) is 2.82. The van der Waals surface area contributed by atoms with E-state index in [1.54, 1.807) is 0 Å². The Balaban J connectivity index is 2.26. The Hall–Kier alpha value is -0.120. The van der Waals surface area contributed by atoms with E-state index in [4.69, 9.17) is 0 Å². The number of hydrogen-bond donors (Lipinski definition) is 2. The molecule has 0 saturated carbocycles. The molecule has 3 heteroatoms. The molecule has 0 aliphatic carbocycles. The average molecular weight is 284 g/mol. The van der Waals surface area contributed by atoms with Gasteiger partial charge in [0.2, 0.25) is 0 Å². The standard InChI is InChI=1S/C17H36N2O/c1-5-12-18-17(4,14-20)11-7-8-13-19-15(3)9-10-16(19)6-2/h15-16,18,20H,5-14H2,1-4H3. The van der Waals surface area contributed by atoms with Crippen molar-refractivity contribution < 1.29 is 5.11 Å². The van der Waals surface area contributed by atoms with Gasteiger partial charge in [-0.15, -0.1) is 0 Å². The lowest BCUT2D eigenvalue weighted by Crippen LogP contribution is -2.46. The van der Waals surface area contributed by atoms with Gasteiger partial charge in [0, 0.05) is 17.6 Å². The fraction of sp³-hybridized carbons (Fsp3) is 1.00. The van der Waals surface area contributed by atoms with Crippen LogP contribution in [0.2, 0.25) is 0 Å². The Bertz CT molecular complexity index is 259. The molecule has 20 heavy (non-hydrogen) atoms. The molecule has 1 rings (SSSR count). The van der Waals surface area contributed by atoms with Crippen molar-refractivity contribution in [3.63, 3.8) is 0 Å². The summed E-state index contributed by atoms with van der Waals surface area (Å²) in [5.41, 5.74) is -0.0865. The van der Waals surface area contributed by atoms with E-state index >= 15 is 0 Å². The Morgan fingerprint density at radius 1 is 1.25 bits per heavy atom. The van der Waals surface area contributed by atoms with Gasteiger partial charge < -0.3 is 10.4 Å². The van der Waals surface area contributed by atoms with Crippen LogP contribution in [0.15, 0.2) is 0 Å². The molecule has 3 atom stereocenters. The van der Waals surface area contributed by atoms with Crippen LogP contribution < -0.4 is 5.32 Å². The minimum atomic E-state index is -0.0865. The van der Waals surface area contributed by atoms with Gasteiger partial charge in [0.25, 0.3) is 0 Å². The molecular formula is C17H36N2O. The van der Waals surface area contributed by atoms with Gasteiger partial charge in [-0.05, 0) is 65.5 Å². The molecule has 0 aromatic carbocycles. The fourth-order valence-electron chi connectivity index (χ4n) is 3.43. The maximum Gasteiger partial charge on any atom is 0.0610 e. The van der Waals surface area contributed by atoms with Gasteiger partial charge in [-0.2, -0.15) is 0 Å². The molecule has 3 nitrogen and oxygen atoms in total. The predicted octanol–water partition coefficient (Wildman–Crippen LogP) is 3.17. The highest BCUT2D eigenvalue weighted by molar-refractivity contribution is 4.85. The molecule has 0 aromatic rings. The highest BCUT2D eigenvalue weighted by Gasteiger charge is 2.28. The van der Waals surface area contributed by atoms with Crippen LogP contribution >= 0.6 is 0 Å². The lowest BCUT2D eigenvalue weighted by Gasteiger charge is -2.30. The van der Waals surface area contributed by atoms with E-state index in [1.807, 2.05) is 0 Å². The summed E-state index contributed by atoms with van der Waals surface area (Å²) in [6, 6.07) is 1.58. The van der Waals surface area contributed by atoms with Crippen molar-refractivity contribution >= 4 is 0 Å². The van der Waals surface area contributed by atoms with Crippen molar-refractivity contribution in [1.82, 2.24) is 10.2 Å². The molecule has 0 amide bonds. The van der Waals surface area contributed by atoms with Gasteiger partial charge in [0.05, 0.1) is 6.61 Å². The summed E-state index contributed by atoms with van der Waals surface area (Å²) in [6.45, 7) is 11.5. The second kappa shape index (κ2) is 9.01. The number of aliphatic hydroxyl groups is 1. The van der Waals surface area contributed by atoms with Gasteiger partial charge >= 0.3 is 0 Å². The maximum absolute atomic E-state index is 9.57. The summed E-state index contributed by atoms with van der Waals surface area (Å²) in [7, 11) is 0. The summed E-state index contributed by atoms with van der Waals surface area (Å²) in [5.74, 6) is 0. The first-order valence-corrected chi connectivity index (χ1v) is 8.68. The second-order valence-electron chi connectivity index (χ2n) is 6.83. The Kier molecular flexibility index (Phi) is 8.08. The third-order valence-corrected chi connectivity index (χ3v) is 4.97. The zero-order valence-electron chi connectivity index (χ0n) is 14.1. The van der Waals surface area contributed by atoms with Crippen LogP contribution in [0.4, 0.5) is 0 Å². The molecule has 1 aliphatic heterocycles. The van der Waals surface area contributed by atoms with E-state index in [1.165, 1.54) is 38.6 Å². The number of aliphatic hydroxyl groups excluding tert-OH is 1. The van der Waals surface area contributed by atoms with E-state index in [0.717, 1.165) is 31.5 Å². The summed E-state index contributed by atoms with van der Waals surface area (Å²) in [6.07, 6.45) is 8.69. The van der Waals surface area contributed by atoms with Crippen molar-refractivity contribution in [3.8, 4) is 0 Å². The molecule has 1 heterocycles. The van der Waals surface area contributed by atoms with Crippen molar-refractivity contribution in [2.45, 2.75) is 90.3 Å². The number of hydrogen-bond acceptors (Lipinski definition) is 3. The highest BCUT2D eigenvalue weighted by atomic mass is 16.3. The van der Waals surface area contributed by atoms with Crippen molar-refractivity contribution in [2.24, 2.45) is 0 Å². The summed E-state index contributed by atoms with van der Waals surface area (Å²) < 4.78 is 0. The zero-order valence-corrected chi connectivity index (χ0v) is 14.1. The third kappa shape index (κ3) is 5.34. The molecule has 3 unspecified atom stereocenters. The summed E-state index contributed by atoms with van der Waals surface area (Å²) >= 11 is 0. The Morgan fingerprint density at radius 2 is 2.00 bits per heavy atom. The first-order valence-electron chi connectivity index (χ1n) is 8.68. The van der Waals surface area contributed by atoms with Gasteiger partial charge in [-0.3, -0.25) is 4.90 Å². The van der Waals surface area contributed by atoms with Crippen molar-refractivity contribution in [2.75, 3.05) is 19.7 Å². The molecule has 0 spiro atoms. The van der Waals surface area contributed by atoms with Crippen LogP contribution in [0.25, 0.3) is 0 Å². The van der Waals surface area contributed by atoms with E-state index in [2.05, 4.69) is 37.9 Å². The van der Waals surface area contributed by atoms with E-state index in [0.29, 0.717) is 0 Å². The minimum absolute atomic E-state index is 0.0865. The normalized spacial score (nSPS) is 26.9. The van der Waals surface area contributed by atoms with Crippen molar-refractivity contribution in [1.29, 1.82) is 0 Å². The molecular weight excluding hydrogens is 248 g/mol. The van der Waals surface area contributed by atoms with Crippen LogP contribution in [0.1, 0.15) is 72.6 Å². The minimum Gasteiger partial charge on any atom is -0.394 e. The highest BCUT2D eigenvalue weighted by Crippen LogP contribution is 2.26. The lowest BCUT2D eigenvalue weighted by atomic mass is 9.95. The quantitative estimate of drug-likeness (QED) is 0.605. The lowest BCUT2D eigenvalue weighted by molar-refractivity contribution is 0.156. The van der Waals surface area contributed by atoms with E-state index in [-0.39, 0.29) is 12.1 Å². The molecule has 1 aliphatic rings. The van der Waals surface area contributed by atoms with Crippen LogP contribution in [-0.2, 0) is 0 Å². The monoisotopic (exact) mass is 284 g/mol. The van der Waals surface area contributed by atoms with Crippen LogP contribution in [0, 0.1) is 0 Å². The molecule has 0 radical (unpaired) electrons. The Morgan fingerprint density at radius 3 is 2.60 bits per heavy atom. The first kappa shape index (κ1) is 17.9. The molecule has 120 valence electrons. The molecule has 1 saturated heterocycles. The maximum atomic E-state index is 9.57. The van der Waals surface area contributed by atoms with E-state index < -0.39 is 0 Å². The number of likely N-dealkylation sites (tertiary alicyclic amines) is 1. The molecule has 0 aromatic heterocycles. The first-order chi connectivity index (χ1) is 9.56. The largest absolute Gasteiger partial charge is 0.394 e. The summed E-state index contributed by atoms with van der Waals surface area (Å²) in [4.78, 5) is 2.70. The smallest absolute Gasteiger partial charge is 0.0610 e. The zero-order chi connectivity index (χ0) is 15.0. The topological polar surface area (TPSA) is 35.5 Å². The van der Waals surface area contributed by atoms with Crippen LogP contribution in [0.3, 0.4) is 0 Å². The number of nitrogens with one attached hydrogen (secondary N) is 1. The van der Waals surface area contributed by atoms with Crippen molar-refractivity contribution in [3.05, 3.63) is 0 Å². The SMILES string of the molecule is CCCNC(C)(CO)CCCCN1C(C)CCC1CC. The van der Waals surface area contributed by atoms with E-state index in [9.17, 15) is 5.11 Å². The molecule has 1 fully saturated rings. The van der Waals surface area contributed by atoms with Crippen LogP contribution in [-0.4, -0.2) is 47.3 Å². The Labute approximate surface area is 126 Å². The van der Waals surface area contributed by atoms with Gasteiger partial charge in [-0.1, -0.05) is 20.3 Å². The van der Waals surface area contributed by atoms with Gasteiger partial charge in [-0.25, -0.2) is 0 Å². The van der Waals surface area contributed by atoms with Gasteiger partial charge in [0.15, 0.2) is 0 Å².